The van der Waals surface area contributed by atoms with Crippen LogP contribution in [0.3, 0.4) is 0 Å². The van der Waals surface area contributed by atoms with Gasteiger partial charge in [-0.3, -0.25) is 0 Å². The number of benzene rings is 1. The van der Waals surface area contributed by atoms with Gasteiger partial charge in [-0.1, -0.05) is 11.6 Å². The normalized spacial score (nSPS) is 9.94. The zero-order chi connectivity index (χ0) is 12.3. The van der Waals surface area contributed by atoms with Gasteiger partial charge in [0.2, 0.25) is 5.76 Å². The minimum absolute atomic E-state index is 0.319. The quantitative estimate of drug-likeness (QED) is 0.925. The van der Waals surface area contributed by atoms with Crippen molar-refractivity contribution < 1.29 is 4.42 Å². The average molecular weight is 312 g/mol. The van der Waals surface area contributed by atoms with Crippen LogP contribution >= 0.6 is 27.5 Å². The van der Waals surface area contributed by atoms with E-state index in [4.69, 9.17) is 21.3 Å². The number of nitrogens with one attached hydrogen (secondary N) is 1. The Hall–Kier alpha value is -1.44. The Balaban J connectivity index is 2.02. The largest absolute Gasteiger partial charge is 0.449 e. The second kappa shape index (κ2) is 5.26. The maximum Gasteiger partial charge on any atom is 0.203 e. The van der Waals surface area contributed by atoms with Crippen molar-refractivity contribution in [2.45, 2.75) is 6.54 Å². The van der Waals surface area contributed by atoms with Crippen molar-refractivity contribution >= 4 is 33.2 Å². The lowest BCUT2D eigenvalue weighted by molar-refractivity contribution is 0.506. The van der Waals surface area contributed by atoms with E-state index in [-0.39, 0.29) is 0 Å². The van der Waals surface area contributed by atoms with E-state index < -0.39 is 0 Å². The van der Waals surface area contributed by atoms with Gasteiger partial charge in [0.05, 0.1) is 11.6 Å². The number of anilines is 1. The summed E-state index contributed by atoms with van der Waals surface area (Å²) < 4.78 is 6.08. The van der Waals surface area contributed by atoms with E-state index in [1.165, 1.54) is 0 Å². The summed E-state index contributed by atoms with van der Waals surface area (Å²) in [5.74, 6) is 1.03. The molecule has 0 amide bonds. The topological polar surface area (TPSA) is 49.0 Å². The zero-order valence-electron chi connectivity index (χ0n) is 8.71. The van der Waals surface area contributed by atoms with Gasteiger partial charge < -0.3 is 9.73 Å². The van der Waals surface area contributed by atoms with Crippen molar-refractivity contribution in [2.24, 2.45) is 0 Å². The highest BCUT2D eigenvalue weighted by Gasteiger charge is 2.02. The van der Waals surface area contributed by atoms with E-state index in [0.717, 1.165) is 10.2 Å². The molecule has 2 aromatic rings. The smallest absolute Gasteiger partial charge is 0.203 e. The molecule has 0 fully saturated rings. The molecule has 1 heterocycles. The number of hydrogen-bond acceptors (Lipinski definition) is 3. The van der Waals surface area contributed by atoms with Gasteiger partial charge in [0, 0.05) is 10.2 Å². The molecule has 1 aromatic carbocycles. The zero-order valence-corrected chi connectivity index (χ0v) is 11.0. The van der Waals surface area contributed by atoms with Crippen molar-refractivity contribution in [2.75, 3.05) is 5.32 Å². The van der Waals surface area contributed by atoms with Crippen LogP contribution in [0.5, 0.6) is 0 Å². The predicted octanol–water partition coefficient (Wildman–Crippen LogP) is 4.18. The third kappa shape index (κ3) is 3.02. The standard InChI is InChI=1S/C12H8BrClN2O/c13-11-5-8(1-4-12(11)14)16-7-10-3-2-9(6-15)17-10/h1-5,16H,7H2. The molecule has 0 spiro atoms. The minimum Gasteiger partial charge on any atom is -0.449 e. The summed E-state index contributed by atoms with van der Waals surface area (Å²) in [6.07, 6.45) is 0. The predicted molar refractivity (Wildman–Crippen MR) is 69.9 cm³/mol. The Bertz CT molecular complexity index is 574. The fourth-order valence-electron chi connectivity index (χ4n) is 1.33. The Morgan fingerprint density at radius 1 is 1.35 bits per heavy atom. The highest BCUT2D eigenvalue weighted by atomic mass is 79.9. The van der Waals surface area contributed by atoms with Crippen LogP contribution in [0.15, 0.2) is 39.2 Å². The van der Waals surface area contributed by atoms with Gasteiger partial charge in [0.25, 0.3) is 0 Å². The lowest BCUT2D eigenvalue weighted by Crippen LogP contribution is -1.97. The van der Waals surface area contributed by atoms with Gasteiger partial charge >= 0.3 is 0 Å². The van der Waals surface area contributed by atoms with E-state index in [1.54, 1.807) is 18.2 Å². The molecule has 0 atom stereocenters. The van der Waals surface area contributed by atoms with E-state index in [0.29, 0.717) is 23.1 Å². The Morgan fingerprint density at radius 3 is 2.82 bits per heavy atom. The summed E-state index contributed by atoms with van der Waals surface area (Å²) in [6, 6.07) is 10.9. The first-order chi connectivity index (χ1) is 8.19. The molecule has 0 unspecified atom stereocenters. The molecule has 1 N–H and O–H groups in total. The minimum atomic E-state index is 0.319. The van der Waals surface area contributed by atoms with E-state index in [9.17, 15) is 0 Å². The van der Waals surface area contributed by atoms with Crippen LogP contribution in [-0.2, 0) is 6.54 Å². The Morgan fingerprint density at radius 2 is 2.18 bits per heavy atom. The number of nitrogens with zero attached hydrogens (tertiary/aromatic N) is 1. The van der Waals surface area contributed by atoms with Gasteiger partial charge in [-0.25, -0.2) is 0 Å². The summed E-state index contributed by atoms with van der Waals surface area (Å²) in [4.78, 5) is 0. The number of nitriles is 1. The molecule has 0 aliphatic rings. The lowest BCUT2D eigenvalue weighted by atomic mass is 10.3. The maximum atomic E-state index is 8.62. The second-order valence-electron chi connectivity index (χ2n) is 3.36. The van der Waals surface area contributed by atoms with Crippen LogP contribution in [-0.4, -0.2) is 0 Å². The molecule has 17 heavy (non-hydrogen) atoms. The summed E-state index contributed by atoms with van der Waals surface area (Å²) in [6.45, 7) is 0.524. The molecular weight excluding hydrogens is 304 g/mol. The van der Waals surface area contributed by atoms with Crippen LogP contribution in [0.25, 0.3) is 0 Å². The lowest BCUT2D eigenvalue weighted by Gasteiger charge is -2.05. The molecule has 3 nitrogen and oxygen atoms in total. The fourth-order valence-corrected chi connectivity index (χ4v) is 1.82. The van der Waals surface area contributed by atoms with Gasteiger partial charge in [-0.2, -0.15) is 5.26 Å². The monoisotopic (exact) mass is 310 g/mol. The summed E-state index contributed by atoms with van der Waals surface area (Å²) in [7, 11) is 0. The van der Waals surface area contributed by atoms with Gasteiger partial charge in [0.1, 0.15) is 11.8 Å². The highest BCUT2D eigenvalue weighted by Crippen LogP contribution is 2.25. The number of halogens is 2. The molecule has 86 valence electrons. The third-order valence-corrected chi connectivity index (χ3v) is 3.37. The summed E-state index contributed by atoms with van der Waals surface area (Å²) >= 11 is 9.24. The first kappa shape index (κ1) is 12.0. The van der Waals surface area contributed by atoms with Crippen LogP contribution in [0, 0.1) is 11.3 Å². The molecule has 0 aliphatic carbocycles. The maximum absolute atomic E-state index is 8.62. The SMILES string of the molecule is N#Cc1ccc(CNc2ccc(Cl)c(Br)c2)o1. The Kier molecular flexibility index (Phi) is 3.72. The molecule has 2 rings (SSSR count). The number of rotatable bonds is 3. The number of hydrogen-bond donors (Lipinski definition) is 1. The molecule has 5 heteroatoms. The summed E-state index contributed by atoms with van der Waals surface area (Å²) in [5, 5.41) is 12.5. The van der Waals surface area contributed by atoms with Gasteiger partial charge in [-0.05, 0) is 46.3 Å². The average Bonchev–Trinajstić information content (AvgIpc) is 2.79. The van der Waals surface area contributed by atoms with Crippen LogP contribution in [0.4, 0.5) is 5.69 Å². The van der Waals surface area contributed by atoms with Crippen molar-refractivity contribution in [1.82, 2.24) is 0 Å². The van der Waals surface area contributed by atoms with E-state index in [2.05, 4.69) is 21.2 Å². The first-order valence-corrected chi connectivity index (χ1v) is 6.04. The van der Waals surface area contributed by atoms with E-state index in [1.807, 2.05) is 18.2 Å². The summed E-state index contributed by atoms with van der Waals surface area (Å²) in [5.41, 5.74) is 0.927. The third-order valence-electron chi connectivity index (χ3n) is 2.16. The molecular formula is C12H8BrClN2O. The molecule has 0 radical (unpaired) electrons. The van der Waals surface area contributed by atoms with Crippen molar-refractivity contribution in [3.63, 3.8) is 0 Å². The molecule has 0 saturated carbocycles. The van der Waals surface area contributed by atoms with Crippen LogP contribution < -0.4 is 5.32 Å². The molecule has 0 aliphatic heterocycles. The second-order valence-corrected chi connectivity index (χ2v) is 4.62. The highest BCUT2D eigenvalue weighted by molar-refractivity contribution is 9.10. The fraction of sp³-hybridized carbons (Fsp3) is 0.0833. The van der Waals surface area contributed by atoms with Gasteiger partial charge in [0.15, 0.2) is 0 Å². The number of furan rings is 1. The van der Waals surface area contributed by atoms with Crippen molar-refractivity contribution in [1.29, 1.82) is 5.26 Å². The van der Waals surface area contributed by atoms with Crippen LogP contribution in [0.1, 0.15) is 11.5 Å². The van der Waals surface area contributed by atoms with Gasteiger partial charge in [-0.15, -0.1) is 0 Å². The Labute approximate surface area is 112 Å². The molecule has 1 aromatic heterocycles. The van der Waals surface area contributed by atoms with Crippen molar-refractivity contribution in [3.05, 3.63) is 51.3 Å². The first-order valence-electron chi connectivity index (χ1n) is 4.87. The van der Waals surface area contributed by atoms with Crippen molar-refractivity contribution in [3.8, 4) is 6.07 Å². The molecule has 0 saturated heterocycles. The molecule has 0 bridgehead atoms. The van der Waals surface area contributed by atoms with Crippen LogP contribution in [0.2, 0.25) is 5.02 Å². The van der Waals surface area contributed by atoms with E-state index >= 15 is 0 Å².